The summed E-state index contributed by atoms with van der Waals surface area (Å²) in [5, 5.41) is 13.4. The fraction of sp³-hybridized carbons (Fsp3) is 0.222. The van der Waals surface area contributed by atoms with E-state index in [1.165, 1.54) is 55.5 Å². The Bertz CT molecular complexity index is 877. The molecule has 2 aromatic rings. The molecule has 0 atom stereocenters. The molecule has 0 aliphatic carbocycles. The molecule has 9 nitrogen and oxygen atoms in total. The van der Waals surface area contributed by atoms with E-state index in [2.05, 4.69) is 5.32 Å². The van der Waals surface area contributed by atoms with Gasteiger partial charge in [-0.3, -0.25) is 19.7 Å². The molecule has 2 amide bonds. The number of hydrogen-bond acceptors (Lipinski definition) is 6. The molecule has 0 aliphatic heterocycles. The highest BCUT2D eigenvalue weighted by atomic mass is 16.6. The molecule has 0 aliphatic rings. The van der Waals surface area contributed by atoms with E-state index in [1.807, 2.05) is 0 Å². The maximum absolute atomic E-state index is 12.5. The van der Waals surface area contributed by atoms with Gasteiger partial charge < -0.3 is 19.7 Å². The van der Waals surface area contributed by atoms with Gasteiger partial charge in [0.1, 0.15) is 0 Å². The molecule has 1 N–H and O–H groups in total. The smallest absolute Gasteiger partial charge is 0.269 e. The van der Waals surface area contributed by atoms with Crippen molar-refractivity contribution in [3.05, 3.63) is 57.6 Å². The maximum atomic E-state index is 12.5. The van der Waals surface area contributed by atoms with Crippen LogP contribution in [0.5, 0.6) is 11.5 Å². The Morgan fingerprint density at radius 3 is 2.07 bits per heavy atom. The number of non-ortho nitro benzene ring substituents is 1. The van der Waals surface area contributed by atoms with Gasteiger partial charge in [-0.2, -0.15) is 0 Å². The van der Waals surface area contributed by atoms with Gasteiger partial charge >= 0.3 is 0 Å². The molecule has 0 heterocycles. The van der Waals surface area contributed by atoms with E-state index in [0.29, 0.717) is 11.5 Å². The van der Waals surface area contributed by atoms with Crippen molar-refractivity contribution < 1.29 is 24.0 Å². The number of nitrogens with one attached hydrogen (secondary N) is 1. The summed E-state index contributed by atoms with van der Waals surface area (Å²) >= 11 is 0. The van der Waals surface area contributed by atoms with Gasteiger partial charge in [-0.25, -0.2) is 0 Å². The molecule has 0 saturated heterocycles. The van der Waals surface area contributed by atoms with Crippen molar-refractivity contribution >= 4 is 23.2 Å². The van der Waals surface area contributed by atoms with Crippen molar-refractivity contribution in [3.8, 4) is 11.5 Å². The van der Waals surface area contributed by atoms with E-state index in [-0.39, 0.29) is 28.4 Å². The highest BCUT2D eigenvalue weighted by Crippen LogP contribution is 2.34. The zero-order valence-corrected chi connectivity index (χ0v) is 15.3. The molecule has 2 rings (SSSR count). The number of nitro benzene ring substituents is 1. The molecule has 27 heavy (non-hydrogen) atoms. The van der Waals surface area contributed by atoms with Crippen molar-refractivity contribution in [1.82, 2.24) is 4.90 Å². The number of ether oxygens (including phenoxy) is 2. The van der Waals surface area contributed by atoms with Gasteiger partial charge in [0.2, 0.25) is 0 Å². The maximum Gasteiger partial charge on any atom is 0.269 e. The predicted molar refractivity (Wildman–Crippen MR) is 98.6 cm³/mol. The van der Waals surface area contributed by atoms with E-state index in [0.717, 1.165) is 0 Å². The topological polar surface area (TPSA) is 111 Å². The Balaban J connectivity index is 2.42. The monoisotopic (exact) mass is 373 g/mol. The summed E-state index contributed by atoms with van der Waals surface area (Å²) in [7, 11) is 6.05. The summed E-state index contributed by atoms with van der Waals surface area (Å²) in [4.78, 5) is 36.5. The van der Waals surface area contributed by atoms with Crippen LogP contribution in [0.15, 0.2) is 36.4 Å². The Labute approximate surface area is 155 Å². The first-order valence-corrected chi connectivity index (χ1v) is 7.82. The number of hydrogen-bond donors (Lipinski definition) is 1. The van der Waals surface area contributed by atoms with Crippen molar-refractivity contribution in [2.75, 3.05) is 33.6 Å². The summed E-state index contributed by atoms with van der Waals surface area (Å²) in [5.74, 6) is -0.178. The van der Waals surface area contributed by atoms with Crippen LogP contribution in [-0.4, -0.2) is 50.0 Å². The van der Waals surface area contributed by atoms with Crippen LogP contribution in [0, 0.1) is 10.1 Å². The minimum Gasteiger partial charge on any atom is -0.493 e. The standard InChI is InChI=1S/C18H19N3O6/c1-20(2)18(23)13-9-15(26-3)16(27-4)10-14(13)19-17(22)11-5-7-12(8-6-11)21(24)25/h5-10H,1-4H3,(H,19,22). The highest BCUT2D eigenvalue weighted by molar-refractivity contribution is 6.09. The summed E-state index contributed by atoms with van der Waals surface area (Å²) in [6, 6.07) is 8.10. The molecule has 0 unspecified atom stereocenters. The van der Waals surface area contributed by atoms with Crippen LogP contribution in [0.3, 0.4) is 0 Å². The third kappa shape index (κ3) is 4.32. The number of methoxy groups -OCH3 is 2. The van der Waals surface area contributed by atoms with Gasteiger partial charge in [-0.05, 0) is 18.2 Å². The molecule has 0 radical (unpaired) electrons. The van der Waals surface area contributed by atoms with Gasteiger partial charge in [0.15, 0.2) is 11.5 Å². The SMILES string of the molecule is COc1cc(NC(=O)c2ccc([N+](=O)[O-])cc2)c(C(=O)N(C)C)cc1OC. The molecular formula is C18H19N3O6. The second-order valence-corrected chi connectivity index (χ2v) is 5.71. The van der Waals surface area contributed by atoms with Crippen LogP contribution < -0.4 is 14.8 Å². The first-order chi connectivity index (χ1) is 12.8. The van der Waals surface area contributed by atoms with E-state index < -0.39 is 10.8 Å². The zero-order valence-electron chi connectivity index (χ0n) is 15.3. The minimum atomic E-state index is -0.552. The number of carbonyl (C=O) groups is 2. The third-order valence-electron chi connectivity index (χ3n) is 3.75. The molecule has 0 saturated carbocycles. The lowest BCUT2D eigenvalue weighted by atomic mass is 10.1. The molecule has 142 valence electrons. The number of anilines is 1. The van der Waals surface area contributed by atoms with E-state index in [4.69, 9.17) is 9.47 Å². The number of benzene rings is 2. The van der Waals surface area contributed by atoms with E-state index in [1.54, 1.807) is 14.1 Å². The molecule has 0 aromatic heterocycles. The number of carbonyl (C=O) groups excluding carboxylic acids is 2. The number of rotatable bonds is 6. The normalized spacial score (nSPS) is 10.1. The Morgan fingerprint density at radius 2 is 1.59 bits per heavy atom. The number of amides is 2. The molecule has 0 bridgehead atoms. The fourth-order valence-corrected chi connectivity index (χ4v) is 2.33. The van der Waals surface area contributed by atoms with Crippen LogP contribution in [-0.2, 0) is 0 Å². The lowest BCUT2D eigenvalue weighted by Gasteiger charge is -2.18. The summed E-state index contributed by atoms with van der Waals surface area (Å²) < 4.78 is 10.4. The molecule has 0 fully saturated rings. The predicted octanol–water partition coefficient (Wildman–Crippen LogP) is 2.57. The number of nitrogens with zero attached hydrogens (tertiary/aromatic N) is 2. The summed E-state index contributed by atoms with van der Waals surface area (Å²) in [5.41, 5.74) is 0.530. The van der Waals surface area contributed by atoms with Gasteiger partial charge in [0.25, 0.3) is 17.5 Å². The molecule has 0 spiro atoms. The van der Waals surface area contributed by atoms with Gasteiger partial charge in [0.05, 0.1) is 30.4 Å². The molecular weight excluding hydrogens is 354 g/mol. The Kier molecular flexibility index (Phi) is 5.96. The lowest BCUT2D eigenvalue weighted by molar-refractivity contribution is -0.384. The first-order valence-electron chi connectivity index (χ1n) is 7.82. The van der Waals surface area contributed by atoms with Crippen molar-refractivity contribution in [2.24, 2.45) is 0 Å². The number of nitro groups is 1. The first kappa shape index (κ1) is 19.7. The Hall–Kier alpha value is -3.62. The van der Waals surface area contributed by atoms with Gasteiger partial charge in [0, 0.05) is 37.9 Å². The highest BCUT2D eigenvalue weighted by Gasteiger charge is 2.20. The second kappa shape index (κ2) is 8.17. The second-order valence-electron chi connectivity index (χ2n) is 5.71. The summed E-state index contributed by atoms with van der Waals surface area (Å²) in [6.07, 6.45) is 0. The Morgan fingerprint density at radius 1 is 1.04 bits per heavy atom. The van der Waals surface area contributed by atoms with Crippen LogP contribution in [0.1, 0.15) is 20.7 Å². The van der Waals surface area contributed by atoms with Crippen molar-refractivity contribution in [3.63, 3.8) is 0 Å². The van der Waals surface area contributed by atoms with Gasteiger partial charge in [-0.1, -0.05) is 0 Å². The van der Waals surface area contributed by atoms with Crippen LogP contribution in [0.25, 0.3) is 0 Å². The molecule has 9 heteroatoms. The van der Waals surface area contributed by atoms with E-state index in [9.17, 15) is 19.7 Å². The average Bonchev–Trinajstić information content (AvgIpc) is 2.66. The zero-order chi connectivity index (χ0) is 20.1. The summed E-state index contributed by atoms with van der Waals surface area (Å²) in [6.45, 7) is 0. The molecule has 2 aromatic carbocycles. The minimum absolute atomic E-state index is 0.124. The van der Waals surface area contributed by atoms with E-state index >= 15 is 0 Å². The van der Waals surface area contributed by atoms with Crippen molar-refractivity contribution in [1.29, 1.82) is 0 Å². The quantitative estimate of drug-likeness (QED) is 0.615. The average molecular weight is 373 g/mol. The third-order valence-corrected chi connectivity index (χ3v) is 3.75. The van der Waals surface area contributed by atoms with Crippen LogP contribution in [0.4, 0.5) is 11.4 Å². The van der Waals surface area contributed by atoms with Crippen LogP contribution in [0.2, 0.25) is 0 Å². The largest absolute Gasteiger partial charge is 0.493 e. The fourth-order valence-electron chi connectivity index (χ4n) is 2.33. The van der Waals surface area contributed by atoms with Gasteiger partial charge in [-0.15, -0.1) is 0 Å². The lowest BCUT2D eigenvalue weighted by Crippen LogP contribution is -2.24. The van der Waals surface area contributed by atoms with Crippen molar-refractivity contribution in [2.45, 2.75) is 0 Å². The van der Waals surface area contributed by atoms with Crippen LogP contribution >= 0.6 is 0 Å².